The first kappa shape index (κ1) is 15.4. The normalized spacial score (nSPS) is 16.3. The van der Waals surface area contributed by atoms with E-state index in [9.17, 15) is 0 Å². The molecule has 1 aliphatic rings. The van der Waals surface area contributed by atoms with Crippen molar-refractivity contribution in [3.05, 3.63) is 21.4 Å². The average Bonchev–Trinajstić information content (AvgIpc) is 2.86. The van der Waals surface area contributed by atoms with Crippen LogP contribution in [0.2, 0.25) is 0 Å². The van der Waals surface area contributed by atoms with Crippen molar-refractivity contribution in [1.29, 1.82) is 0 Å². The van der Waals surface area contributed by atoms with E-state index in [0.29, 0.717) is 6.04 Å². The summed E-state index contributed by atoms with van der Waals surface area (Å²) in [6.07, 6.45) is 9.09. The second kappa shape index (κ2) is 8.30. The molecule has 0 bridgehead atoms. The van der Waals surface area contributed by atoms with E-state index >= 15 is 0 Å². The average molecular weight is 299 g/mol. The molecule has 108 valence electrons. The van der Waals surface area contributed by atoms with Crippen LogP contribution in [0, 0.1) is 0 Å². The number of hydrazine groups is 1. The molecule has 0 aliphatic carbocycles. The lowest BCUT2D eigenvalue weighted by Gasteiger charge is -2.13. The number of unbranched alkanes of at least 4 members (excludes halogenated alkanes) is 4. The molecule has 1 aromatic rings. The molecule has 0 saturated carbocycles. The van der Waals surface area contributed by atoms with Gasteiger partial charge in [-0.15, -0.1) is 11.3 Å². The van der Waals surface area contributed by atoms with Gasteiger partial charge in [0.2, 0.25) is 0 Å². The molecular weight excluding hydrogens is 272 g/mol. The number of nitrogens with one attached hydrogen (secondary N) is 1. The Morgan fingerprint density at radius 2 is 2.16 bits per heavy atom. The Hall–Kier alpha value is -0.0300. The van der Waals surface area contributed by atoms with Crippen molar-refractivity contribution in [3.63, 3.8) is 0 Å². The van der Waals surface area contributed by atoms with Gasteiger partial charge in [-0.2, -0.15) is 11.8 Å². The largest absolute Gasteiger partial charge is 0.271 e. The second-order valence-electron chi connectivity index (χ2n) is 5.32. The fraction of sp³-hybridized carbons (Fsp3) is 0.733. The first-order valence-electron chi connectivity index (χ1n) is 7.50. The van der Waals surface area contributed by atoms with Crippen LogP contribution >= 0.6 is 23.1 Å². The van der Waals surface area contributed by atoms with Gasteiger partial charge in [0.05, 0.1) is 6.04 Å². The highest BCUT2D eigenvalue weighted by atomic mass is 32.2. The lowest BCUT2D eigenvalue weighted by atomic mass is 10.1. The van der Waals surface area contributed by atoms with Crippen LogP contribution in [0.5, 0.6) is 0 Å². The quantitative estimate of drug-likeness (QED) is 0.424. The molecule has 1 aromatic heterocycles. The number of aryl methyl sites for hydroxylation is 1. The molecule has 19 heavy (non-hydrogen) atoms. The summed E-state index contributed by atoms with van der Waals surface area (Å²) < 4.78 is 0. The van der Waals surface area contributed by atoms with E-state index in [0.717, 1.165) is 0 Å². The SMILES string of the molecule is CCCCCCCC(NN)c1cc2c(s1)CCSC2. The van der Waals surface area contributed by atoms with Crippen LogP contribution in [0.1, 0.15) is 66.8 Å². The minimum absolute atomic E-state index is 0.363. The summed E-state index contributed by atoms with van der Waals surface area (Å²) in [6, 6.07) is 2.75. The van der Waals surface area contributed by atoms with Gasteiger partial charge in [0, 0.05) is 15.5 Å². The standard InChI is InChI=1S/C15H26N2S2/c1-2-3-4-5-6-7-13(17-16)15-10-12-11-18-9-8-14(12)19-15/h10,13,17H,2-9,11,16H2,1H3. The minimum atomic E-state index is 0.363. The van der Waals surface area contributed by atoms with Gasteiger partial charge < -0.3 is 0 Å². The van der Waals surface area contributed by atoms with Crippen molar-refractivity contribution in [2.75, 3.05) is 5.75 Å². The van der Waals surface area contributed by atoms with Gasteiger partial charge in [-0.05, 0) is 30.2 Å². The number of hydrogen-bond donors (Lipinski definition) is 2. The number of rotatable bonds is 8. The second-order valence-corrected chi connectivity index (χ2v) is 7.60. The van der Waals surface area contributed by atoms with E-state index in [2.05, 4.69) is 30.2 Å². The van der Waals surface area contributed by atoms with Gasteiger partial charge in [0.1, 0.15) is 0 Å². The molecule has 0 aromatic carbocycles. The van der Waals surface area contributed by atoms with Crippen molar-refractivity contribution < 1.29 is 0 Å². The van der Waals surface area contributed by atoms with Gasteiger partial charge in [-0.1, -0.05) is 39.0 Å². The molecule has 1 unspecified atom stereocenters. The third-order valence-electron chi connectivity index (χ3n) is 3.79. The van der Waals surface area contributed by atoms with Crippen LogP contribution in [-0.2, 0) is 12.2 Å². The zero-order chi connectivity index (χ0) is 13.5. The molecule has 0 fully saturated rings. The number of nitrogens with two attached hydrogens (primary N) is 1. The molecule has 0 amide bonds. The van der Waals surface area contributed by atoms with Crippen LogP contribution in [-0.4, -0.2) is 5.75 Å². The molecule has 1 aliphatic heterocycles. The Balaban J connectivity index is 1.84. The molecule has 0 saturated heterocycles. The maximum absolute atomic E-state index is 5.76. The topological polar surface area (TPSA) is 38.0 Å². The summed E-state index contributed by atoms with van der Waals surface area (Å²) in [5.74, 6) is 8.23. The van der Waals surface area contributed by atoms with Crippen molar-refractivity contribution in [3.8, 4) is 0 Å². The lowest BCUT2D eigenvalue weighted by molar-refractivity contribution is 0.484. The van der Waals surface area contributed by atoms with Crippen LogP contribution < -0.4 is 11.3 Å². The van der Waals surface area contributed by atoms with Crippen molar-refractivity contribution in [2.24, 2.45) is 5.84 Å². The minimum Gasteiger partial charge on any atom is -0.271 e. The predicted octanol–water partition coefficient (Wildman–Crippen LogP) is 4.40. The van der Waals surface area contributed by atoms with E-state index in [1.807, 2.05) is 11.3 Å². The summed E-state index contributed by atoms with van der Waals surface area (Å²) in [5, 5.41) is 0. The summed E-state index contributed by atoms with van der Waals surface area (Å²) in [5.41, 5.74) is 4.58. The van der Waals surface area contributed by atoms with Gasteiger partial charge in [0.15, 0.2) is 0 Å². The van der Waals surface area contributed by atoms with E-state index < -0.39 is 0 Å². The van der Waals surface area contributed by atoms with Crippen molar-refractivity contribution in [2.45, 2.75) is 63.7 Å². The molecule has 2 rings (SSSR count). The van der Waals surface area contributed by atoms with Gasteiger partial charge >= 0.3 is 0 Å². The highest BCUT2D eigenvalue weighted by Gasteiger charge is 2.18. The van der Waals surface area contributed by atoms with Crippen LogP contribution in [0.4, 0.5) is 0 Å². The number of hydrogen-bond acceptors (Lipinski definition) is 4. The van der Waals surface area contributed by atoms with Crippen LogP contribution in [0.15, 0.2) is 6.07 Å². The van der Waals surface area contributed by atoms with Gasteiger partial charge in [0.25, 0.3) is 0 Å². The highest BCUT2D eigenvalue weighted by molar-refractivity contribution is 7.98. The lowest BCUT2D eigenvalue weighted by Crippen LogP contribution is -2.27. The van der Waals surface area contributed by atoms with E-state index in [1.165, 1.54) is 61.3 Å². The van der Waals surface area contributed by atoms with Gasteiger partial charge in [-0.25, -0.2) is 0 Å². The monoisotopic (exact) mass is 298 g/mol. The zero-order valence-electron chi connectivity index (χ0n) is 11.9. The first-order valence-corrected chi connectivity index (χ1v) is 9.47. The maximum Gasteiger partial charge on any atom is 0.0553 e. The Labute approximate surface area is 125 Å². The Morgan fingerprint density at radius 1 is 1.32 bits per heavy atom. The molecule has 1 atom stereocenters. The van der Waals surface area contributed by atoms with E-state index in [1.54, 1.807) is 10.4 Å². The molecular formula is C15H26N2S2. The highest BCUT2D eigenvalue weighted by Crippen LogP contribution is 2.35. The van der Waals surface area contributed by atoms with Crippen molar-refractivity contribution >= 4 is 23.1 Å². The summed E-state index contributed by atoms with van der Waals surface area (Å²) in [7, 11) is 0. The summed E-state index contributed by atoms with van der Waals surface area (Å²) in [4.78, 5) is 3.05. The number of thiophene rings is 1. The zero-order valence-corrected chi connectivity index (χ0v) is 13.5. The number of thioether (sulfide) groups is 1. The Morgan fingerprint density at radius 3 is 2.89 bits per heavy atom. The Bertz CT molecular complexity index is 353. The van der Waals surface area contributed by atoms with Gasteiger partial charge in [-0.3, -0.25) is 11.3 Å². The molecule has 4 heteroatoms. The predicted molar refractivity (Wildman–Crippen MR) is 87.6 cm³/mol. The maximum atomic E-state index is 5.76. The molecule has 2 heterocycles. The van der Waals surface area contributed by atoms with E-state index in [4.69, 9.17) is 5.84 Å². The third kappa shape index (κ3) is 4.48. The molecule has 0 radical (unpaired) electrons. The summed E-state index contributed by atoms with van der Waals surface area (Å²) >= 11 is 4.03. The molecule has 0 spiro atoms. The number of fused-ring (bicyclic) bond motifs is 1. The third-order valence-corrected chi connectivity index (χ3v) is 6.15. The van der Waals surface area contributed by atoms with E-state index in [-0.39, 0.29) is 0 Å². The molecule has 2 nitrogen and oxygen atoms in total. The summed E-state index contributed by atoms with van der Waals surface area (Å²) in [6.45, 7) is 2.26. The smallest absolute Gasteiger partial charge is 0.0553 e. The van der Waals surface area contributed by atoms with Crippen LogP contribution in [0.3, 0.4) is 0 Å². The van der Waals surface area contributed by atoms with Crippen LogP contribution in [0.25, 0.3) is 0 Å². The fourth-order valence-electron chi connectivity index (χ4n) is 2.60. The fourth-order valence-corrected chi connectivity index (χ4v) is 5.07. The Kier molecular flexibility index (Phi) is 6.71. The first-order chi connectivity index (χ1) is 9.35. The molecule has 3 N–H and O–H groups in total. The van der Waals surface area contributed by atoms with Crippen molar-refractivity contribution in [1.82, 2.24) is 5.43 Å².